The summed E-state index contributed by atoms with van der Waals surface area (Å²) in [7, 11) is 0. The molecule has 0 spiro atoms. The van der Waals surface area contributed by atoms with Gasteiger partial charge in [-0.05, 0) is 38.5 Å². The second-order valence-corrected chi connectivity index (χ2v) is 7.66. The number of nitrogens with one attached hydrogen (secondary N) is 1. The van der Waals surface area contributed by atoms with Crippen molar-refractivity contribution in [3.8, 4) is 0 Å². The van der Waals surface area contributed by atoms with E-state index in [9.17, 15) is 14.9 Å². The van der Waals surface area contributed by atoms with Gasteiger partial charge in [0.05, 0.1) is 16.7 Å². The fraction of sp³-hybridized carbons (Fsp3) is 0.412. The van der Waals surface area contributed by atoms with Crippen LogP contribution in [0.3, 0.4) is 0 Å². The van der Waals surface area contributed by atoms with Crippen LogP contribution in [0.2, 0.25) is 0 Å². The molecule has 0 aliphatic carbocycles. The highest BCUT2D eigenvalue weighted by Gasteiger charge is 2.36. The summed E-state index contributed by atoms with van der Waals surface area (Å²) in [6.45, 7) is 6.89. The van der Waals surface area contributed by atoms with Gasteiger partial charge in [0.25, 0.3) is 5.69 Å². The molecule has 3 rings (SSSR count). The topological polar surface area (TPSA) is 97.6 Å². The molecule has 0 fully saturated rings. The largest absolute Gasteiger partial charge is 0.458 e. The van der Waals surface area contributed by atoms with Crippen LogP contribution in [0.5, 0.6) is 0 Å². The van der Waals surface area contributed by atoms with Gasteiger partial charge in [-0.2, -0.15) is 0 Å². The van der Waals surface area contributed by atoms with Crippen molar-refractivity contribution < 1.29 is 14.5 Å². The lowest BCUT2D eigenvalue weighted by Crippen LogP contribution is -2.39. The number of rotatable bonds is 4. The van der Waals surface area contributed by atoms with Crippen molar-refractivity contribution in [1.82, 2.24) is 4.98 Å². The van der Waals surface area contributed by atoms with E-state index in [1.54, 1.807) is 17.8 Å². The van der Waals surface area contributed by atoms with Crippen LogP contribution in [-0.4, -0.2) is 38.3 Å². The molecule has 0 amide bonds. The molecule has 1 aromatic heterocycles. The Morgan fingerprint density at radius 2 is 2.16 bits per heavy atom. The zero-order chi connectivity index (χ0) is 18.4. The number of nitrogens with zero attached hydrogens (tertiary/aromatic N) is 2. The van der Waals surface area contributed by atoms with Gasteiger partial charge < -0.3 is 9.72 Å². The number of carbonyl (C=O) groups is 1. The second kappa shape index (κ2) is 6.18. The fourth-order valence-corrected chi connectivity index (χ4v) is 4.21. The van der Waals surface area contributed by atoms with E-state index in [1.165, 1.54) is 6.92 Å². The average molecular weight is 361 g/mol. The van der Waals surface area contributed by atoms with E-state index >= 15 is 0 Å². The van der Waals surface area contributed by atoms with Crippen LogP contribution >= 0.6 is 11.8 Å². The lowest BCUT2D eigenvalue weighted by atomic mass is 10.0. The Morgan fingerprint density at radius 3 is 2.80 bits per heavy atom. The van der Waals surface area contributed by atoms with E-state index in [2.05, 4.69) is 9.98 Å². The SMILES string of the molecule is CC(=O)OC(C)(C)C1CSC(c2cc3cc(C)cc([N+](=O)[O-])c3[nH]2)=N1. The van der Waals surface area contributed by atoms with E-state index in [0.717, 1.165) is 21.7 Å². The van der Waals surface area contributed by atoms with Crippen molar-refractivity contribution in [2.45, 2.75) is 39.3 Å². The molecule has 1 aliphatic heterocycles. The fourth-order valence-electron chi connectivity index (χ4n) is 2.95. The van der Waals surface area contributed by atoms with Gasteiger partial charge in [-0.1, -0.05) is 0 Å². The van der Waals surface area contributed by atoms with E-state index < -0.39 is 5.60 Å². The highest BCUT2D eigenvalue weighted by molar-refractivity contribution is 8.14. The maximum atomic E-state index is 11.3. The number of nitro benzene ring substituents is 1. The molecule has 0 saturated heterocycles. The summed E-state index contributed by atoms with van der Waals surface area (Å²) in [5.74, 6) is 0.349. The molecule has 1 aromatic carbocycles. The highest BCUT2D eigenvalue weighted by Crippen LogP contribution is 2.34. The average Bonchev–Trinajstić information content (AvgIpc) is 3.11. The minimum atomic E-state index is -0.699. The van der Waals surface area contributed by atoms with E-state index in [4.69, 9.17) is 4.74 Å². The molecule has 0 saturated carbocycles. The van der Waals surface area contributed by atoms with Gasteiger partial charge in [0.2, 0.25) is 0 Å². The summed E-state index contributed by atoms with van der Waals surface area (Å²) in [4.78, 5) is 30.0. The number of hydrogen-bond acceptors (Lipinski definition) is 6. The van der Waals surface area contributed by atoms with Crippen LogP contribution in [0.15, 0.2) is 23.2 Å². The standard InChI is InChI=1S/C17H19N3O4S/c1-9-5-11-7-12(18-15(11)13(6-9)20(22)23)16-19-14(8-25-16)17(3,4)24-10(2)21/h5-7,14,18H,8H2,1-4H3. The van der Waals surface area contributed by atoms with E-state index in [-0.39, 0.29) is 22.6 Å². The zero-order valence-electron chi connectivity index (χ0n) is 14.5. The number of aliphatic imine (C=N–C) groups is 1. The first-order chi connectivity index (χ1) is 11.7. The van der Waals surface area contributed by atoms with Crippen LogP contribution in [0.25, 0.3) is 10.9 Å². The number of fused-ring (bicyclic) bond motifs is 1. The van der Waals surface area contributed by atoms with E-state index in [0.29, 0.717) is 11.3 Å². The Hall–Kier alpha value is -2.35. The first-order valence-corrected chi connectivity index (χ1v) is 8.84. The van der Waals surface area contributed by atoms with Gasteiger partial charge in [-0.15, -0.1) is 11.8 Å². The third-order valence-corrected chi connectivity index (χ3v) is 5.22. The number of thioether (sulfide) groups is 1. The third kappa shape index (κ3) is 3.39. The summed E-state index contributed by atoms with van der Waals surface area (Å²) in [5.41, 5.74) is 1.43. The van der Waals surface area contributed by atoms with Crippen molar-refractivity contribution in [3.63, 3.8) is 0 Å². The monoisotopic (exact) mass is 361 g/mol. The molecule has 25 heavy (non-hydrogen) atoms. The second-order valence-electron chi connectivity index (χ2n) is 6.65. The molecule has 0 bridgehead atoms. The molecular formula is C17H19N3O4S. The summed E-state index contributed by atoms with van der Waals surface area (Å²) < 4.78 is 5.37. The molecule has 1 N–H and O–H groups in total. The number of H-pyrrole nitrogens is 1. The van der Waals surface area contributed by atoms with Crippen molar-refractivity contribution >= 4 is 39.4 Å². The number of aromatic amines is 1. The maximum absolute atomic E-state index is 11.3. The molecule has 1 atom stereocenters. The van der Waals surface area contributed by atoms with Gasteiger partial charge in [0, 0.05) is 24.1 Å². The normalized spacial score (nSPS) is 17.6. The molecule has 8 heteroatoms. The summed E-state index contributed by atoms with van der Waals surface area (Å²) >= 11 is 1.55. The lowest BCUT2D eigenvalue weighted by molar-refractivity contribution is -0.383. The molecule has 1 unspecified atom stereocenters. The number of hydrogen-bond donors (Lipinski definition) is 1. The summed E-state index contributed by atoms with van der Waals surface area (Å²) in [6.07, 6.45) is 0. The van der Waals surface area contributed by atoms with Crippen molar-refractivity contribution in [2.75, 3.05) is 5.75 Å². The summed E-state index contributed by atoms with van der Waals surface area (Å²) in [6, 6.07) is 5.17. The van der Waals surface area contributed by atoms with Gasteiger partial charge in [0.15, 0.2) is 0 Å². The number of aromatic nitrogens is 1. The van der Waals surface area contributed by atoms with Crippen LogP contribution in [0.1, 0.15) is 32.0 Å². The van der Waals surface area contributed by atoms with Crippen LogP contribution in [0, 0.1) is 17.0 Å². The lowest BCUT2D eigenvalue weighted by Gasteiger charge is -2.28. The van der Waals surface area contributed by atoms with Crippen molar-refractivity contribution in [2.24, 2.45) is 4.99 Å². The number of carbonyl (C=O) groups excluding carboxylic acids is 1. The number of non-ortho nitro benzene ring substituents is 1. The van der Waals surface area contributed by atoms with Crippen LogP contribution in [-0.2, 0) is 9.53 Å². The molecule has 7 nitrogen and oxygen atoms in total. The van der Waals surface area contributed by atoms with Crippen LogP contribution in [0.4, 0.5) is 5.69 Å². The van der Waals surface area contributed by atoms with Crippen LogP contribution < -0.4 is 0 Å². The zero-order valence-corrected chi connectivity index (χ0v) is 15.3. The first kappa shape index (κ1) is 17.5. The predicted octanol–water partition coefficient (Wildman–Crippen LogP) is 3.59. The first-order valence-electron chi connectivity index (χ1n) is 7.85. The van der Waals surface area contributed by atoms with Gasteiger partial charge >= 0.3 is 5.97 Å². The van der Waals surface area contributed by atoms with Gasteiger partial charge in [-0.25, -0.2) is 0 Å². The summed E-state index contributed by atoms with van der Waals surface area (Å²) in [5, 5.41) is 12.8. The molecule has 0 radical (unpaired) electrons. The highest BCUT2D eigenvalue weighted by atomic mass is 32.2. The minimum absolute atomic E-state index is 0.0571. The number of ether oxygens (including phenoxy) is 1. The smallest absolute Gasteiger partial charge is 0.303 e. The Bertz CT molecular complexity index is 901. The molecule has 132 valence electrons. The van der Waals surface area contributed by atoms with Crippen molar-refractivity contribution in [1.29, 1.82) is 0 Å². The molecule has 2 aromatic rings. The molecule has 1 aliphatic rings. The maximum Gasteiger partial charge on any atom is 0.303 e. The van der Waals surface area contributed by atoms with Gasteiger partial charge in [0.1, 0.15) is 16.2 Å². The molecule has 2 heterocycles. The Kier molecular flexibility index (Phi) is 4.32. The quantitative estimate of drug-likeness (QED) is 0.510. The number of esters is 1. The predicted molar refractivity (Wildman–Crippen MR) is 98.3 cm³/mol. The Balaban J connectivity index is 1.98. The molecular weight excluding hydrogens is 342 g/mol. The van der Waals surface area contributed by atoms with E-state index in [1.807, 2.05) is 32.9 Å². The number of benzene rings is 1. The Labute approximate surface area is 149 Å². The minimum Gasteiger partial charge on any atom is -0.458 e. The Morgan fingerprint density at radius 1 is 1.44 bits per heavy atom. The number of nitro groups is 1. The third-order valence-electron chi connectivity index (χ3n) is 4.14. The number of aryl methyl sites for hydroxylation is 1. The van der Waals surface area contributed by atoms with Gasteiger partial charge in [-0.3, -0.25) is 19.9 Å². The van der Waals surface area contributed by atoms with Crippen molar-refractivity contribution in [3.05, 3.63) is 39.6 Å².